The maximum absolute atomic E-state index is 13.8. The largest absolute Gasteiger partial charge is 0.454 e. The second kappa shape index (κ2) is 7.57. The van der Waals surface area contributed by atoms with Crippen molar-refractivity contribution in [3.8, 4) is 17.6 Å². The monoisotopic (exact) mass is 447 g/mol. The standard InChI is InChI=1S/C21H25N3O4S2/c1-20(10-22)8-7-17(25)24(14-4-5-14)21(2,30)19(26)23(11-29)18(20)13-3-6-15-16(9-13)28-12-27-15/h3,6,9,14,18,29-30H,4-5,7-8,11-12H2,1-2H3. The van der Waals surface area contributed by atoms with Crippen molar-refractivity contribution >= 4 is 37.1 Å². The second-order valence-corrected chi connectivity index (χ2v) is 9.63. The lowest BCUT2D eigenvalue weighted by Crippen LogP contribution is -2.57. The fourth-order valence-electron chi connectivity index (χ4n) is 4.49. The minimum atomic E-state index is -1.32. The predicted molar refractivity (Wildman–Crippen MR) is 116 cm³/mol. The summed E-state index contributed by atoms with van der Waals surface area (Å²) in [7, 11) is 0. The number of nitriles is 1. The van der Waals surface area contributed by atoms with Crippen molar-refractivity contribution in [1.82, 2.24) is 9.80 Å². The van der Waals surface area contributed by atoms with Gasteiger partial charge in [0.05, 0.1) is 23.4 Å². The minimum Gasteiger partial charge on any atom is -0.454 e. The van der Waals surface area contributed by atoms with Crippen LogP contribution in [0.15, 0.2) is 18.2 Å². The Morgan fingerprint density at radius 2 is 1.93 bits per heavy atom. The molecule has 0 radical (unpaired) electrons. The highest BCUT2D eigenvalue weighted by atomic mass is 32.1. The van der Waals surface area contributed by atoms with Gasteiger partial charge in [-0.3, -0.25) is 9.59 Å². The highest BCUT2D eigenvalue weighted by Gasteiger charge is 2.53. The first-order valence-electron chi connectivity index (χ1n) is 10.00. The highest BCUT2D eigenvalue weighted by molar-refractivity contribution is 7.82. The number of amides is 2. The number of benzene rings is 1. The molecule has 2 amide bonds. The summed E-state index contributed by atoms with van der Waals surface area (Å²) in [6.45, 7) is 3.59. The van der Waals surface area contributed by atoms with Crippen LogP contribution in [0.3, 0.4) is 0 Å². The third-order valence-electron chi connectivity index (χ3n) is 6.21. The van der Waals surface area contributed by atoms with Crippen LogP contribution < -0.4 is 9.47 Å². The van der Waals surface area contributed by atoms with Gasteiger partial charge in [0, 0.05) is 12.5 Å². The topological polar surface area (TPSA) is 82.9 Å². The summed E-state index contributed by atoms with van der Waals surface area (Å²) in [5, 5.41) is 10.2. The summed E-state index contributed by atoms with van der Waals surface area (Å²) in [6, 6.07) is 7.21. The van der Waals surface area contributed by atoms with E-state index < -0.39 is 16.3 Å². The maximum atomic E-state index is 13.8. The number of hydrogen-bond donors (Lipinski definition) is 2. The Morgan fingerprint density at radius 1 is 1.23 bits per heavy atom. The lowest BCUT2D eigenvalue weighted by atomic mass is 9.75. The van der Waals surface area contributed by atoms with Gasteiger partial charge in [0.25, 0.3) is 5.91 Å². The molecule has 160 valence electrons. The Hall–Kier alpha value is -2.05. The van der Waals surface area contributed by atoms with Crippen LogP contribution in [0.25, 0.3) is 0 Å². The lowest BCUT2D eigenvalue weighted by Gasteiger charge is -2.43. The summed E-state index contributed by atoms with van der Waals surface area (Å²) in [5.41, 5.74) is -0.271. The van der Waals surface area contributed by atoms with E-state index in [-0.39, 0.29) is 36.9 Å². The van der Waals surface area contributed by atoms with Gasteiger partial charge < -0.3 is 19.3 Å². The molecule has 9 heteroatoms. The third kappa shape index (κ3) is 3.40. The zero-order chi connectivity index (χ0) is 21.7. The van der Waals surface area contributed by atoms with Crippen LogP contribution in [0, 0.1) is 16.7 Å². The van der Waals surface area contributed by atoms with Crippen LogP contribution in [-0.2, 0) is 9.59 Å². The first-order valence-corrected chi connectivity index (χ1v) is 11.1. The molecule has 1 aromatic rings. The first-order chi connectivity index (χ1) is 14.2. The van der Waals surface area contributed by atoms with Crippen LogP contribution in [0.5, 0.6) is 11.5 Å². The molecule has 1 aromatic carbocycles. The smallest absolute Gasteiger partial charge is 0.259 e. The lowest BCUT2D eigenvalue weighted by molar-refractivity contribution is -0.148. The number of ether oxygens (including phenoxy) is 2. The summed E-state index contributed by atoms with van der Waals surface area (Å²) in [6.07, 6.45) is 2.20. The molecule has 7 nitrogen and oxygen atoms in total. The number of fused-ring (bicyclic) bond motifs is 1. The molecule has 0 spiro atoms. The summed E-state index contributed by atoms with van der Waals surface area (Å²) in [4.78, 5) is 28.7. The molecule has 3 aliphatic rings. The molecule has 1 aliphatic carbocycles. The van der Waals surface area contributed by atoms with Gasteiger partial charge in [-0.1, -0.05) is 6.07 Å². The molecule has 0 N–H and O–H groups in total. The summed E-state index contributed by atoms with van der Waals surface area (Å²) >= 11 is 9.13. The van der Waals surface area contributed by atoms with Crippen molar-refractivity contribution in [3.05, 3.63) is 23.8 Å². The van der Waals surface area contributed by atoms with Gasteiger partial charge >= 0.3 is 0 Å². The Morgan fingerprint density at radius 3 is 2.57 bits per heavy atom. The van der Waals surface area contributed by atoms with Crippen LogP contribution in [0.4, 0.5) is 0 Å². The van der Waals surface area contributed by atoms with E-state index in [0.717, 1.165) is 18.4 Å². The predicted octanol–water partition coefficient (Wildman–Crippen LogP) is 3.13. The van der Waals surface area contributed by atoms with E-state index in [0.29, 0.717) is 17.9 Å². The number of rotatable bonds is 3. The van der Waals surface area contributed by atoms with Gasteiger partial charge in [-0.05, 0) is 50.8 Å². The van der Waals surface area contributed by atoms with E-state index in [1.807, 2.05) is 6.07 Å². The van der Waals surface area contributed by atoms with Crippen molar-refractivity contribution in [2.45, 2.75) is 56.5 Å². The van der Waals surface area contributed by atoms with Crippen LogP contribution in [-0.4, -0.2) is 45.2 Å². The Balaban J connectivity index is 1.85. The van der Waals surface area contributed by atoms with E-state index >= 15 is 0 Å². The molecule has 3 atom stereocenters. The normalized spacial score (nSPS) is 31.8. The van der Waals surface area contributed by atoms with Gasteiger partial charge in [-0.2, -0.15) is 17.9 Å². The van der Waals surface area contributed by atoms with Gasteiger partial charge in [-0.25, -0.2) is 0 Å². The Kier molecular flexibility index (Phi) is 5.35. The molecule has 1 saturated heterocycles. The summed E-state index contributed by atoms with van der Waals surface area (Å²) < 4.78 is 10.9. The zero-order valence-corrected chi connectivity index (χ0v) is 18.8. The third-order valence-corrected chi connectivity index (χ3v) is 6.92. The number of hydrogen-bond acceptors (Lipinski definition) is 7. The van der Waals surface area contributed by atoms with Crippen molar-refractivity contribution in [2.75, 3.05) is 12.7 Å². The van der Waals surface area contributed by atoms with Crippen molar-refractivity contribution in [3.63, 3.8) is 0 Å². The number of carbonyl (C=O) groups excluding carboxylic acids is 2. The quantitative estimate of drug-likeness (QED) is 0.696. The molecule has 2 heterocycles. The van der Waals surface area contributed by atoms with E-state index in [1.165, 1.54) is 0 Å². The maximum Gasteiger partial charge on any atom is 0.259 e. The zero-order valence-electron chi connectivity index (χ0n) is 17.0. The van der Waals surface area contributed by atoms with Crippen molar-refractivity contribution in [1.29, 1.82) is 5.26 Å². The number of nitrogens with zero attached hydrogens (tertiary/aromatic N) is 3. The molecule has 1 saturated carbocycles. The van der Waals surface area contributed by atoms with Crippen LogP contribution >= 0.6 is 25.3 Å². The van der Waals surface area contributed by atoms with Gasteiger partial charge in [0.15, 0.2) is 16.4 Å². The molecule has 3 unspecified atom stereocenters. The van der Waals surface area contributed by atoms with Crippen LogP contribution in [0.1, 0.15) is 51.1 Å². The first kappa shape index (κ1) is 21.2. The second-order valence-electron chi connectivity index (χ2n) is 8.48. The molecule has 30 heavy (non-hydrogen) atoms. The van der Waals surface area contributed by atoms with Gasteiger partial charge in [-0.15, -0.1) is 12.6 Å². The SMILES string of the molecule is CC1(C#N)CCC(=O)N(C2CC2)C(C)(S)C(=O)N(CS)C1c1ccc2c(c1)OCO2. The van der Waals surface area contributed by atoms with Crippen LogP contribution in [0.2, 0.25) is 0 Å². The van der Waals surface area contributed by atoms with Gasteiger partial charge in [0.1, 0.15) is 0 Å². The molecule has 0 aromatic heterocycles. The molecule has 4 rings (SSSR count). The van der Waals surface area contributed by atoms with E-state index in [4.69, 9.17) is 9.47 Å². The number of carbonyl (C=O) groups is 2. The molecular formula is C21H25N3O4S2. The summed E-state index contributed by atoms with van der Waals surface area (Å²) in [5.74, 6) is 0.794. The van der Waals surface area contributed by atoms with E-state index in [1.54, 1.807) is 35.8 Å². The highest BCUT2D eigenvalue weighted by Crippen LogP contribution is 2.48. The minimum absolute atomic E-state index is 0.0150. The number of thiol groups is 2. The fraction of sp³-hybridized carbons (Fsp3) is 0.571. The molecular weight excluding hydrogens is 422 g/mol. The average Bonchev–Trinajstić information content (AvgIpc) is 3.43. The Labute approximate surface area is 187 Å². The van der Waals surface area contributed by atoms with E-state index in [9.17, 15) is 14.9 Å². The van der Waals surface area contributed by atoms with Gasteiger partial charge in [0.2, 0.25) is 12.7 Å². The van der Waals surface area contributed by atoms with Crippen molar-refractivity contribution < 1.29 is 19.1 Å². The fourth-order valence-corrected chi connectivity index (χ4v) is 5.18. The van der Waals surface area contributed by atoms with Crippen molar-refractivity contribution in [2.24, 2.45) is 5.41 Å². The Bertz CT molecular complexity index is 927. The molecule has 2 aliphatic heterocycles. The average molecular weight is 448 g/mol. The molecule has 2 fully saturated rings. The van der Waals surface area contributed by atoms with E-state index in [2.05, 4.69) is 31.3 Å². The molecule has 0 bridgehead atoms.